The third-order valence-electron chi connectivity index (χ3n) is 4.46. The first kappa shape index (κ1) is 17.2. The predicted octanol–water partition coefficient (Wildman–Crippen LogP) is 3.53. The fourth-order valence-corrected chi connectivity index (χ4v) is 3.26. The second-order valence-electron chi connectivity index (χ2n) is 6.18. The van der Waals surface area contributed by atoms with Gasteiger partial charge in [0.1, 0.15) is 11.3 Å². The summed E-state index contributed by atoms with van der Waals surface area (Å²) in [6, 6.07) is 13.4. The molecule has 0 saturated carbocycles. The van der Waals surface area contributed by atoms with Gasteiger partial charge < -0.3 is 15.5 Å². The summed E-state index contributed by atoms with van der Waals surface area (Å²) < 4.78 is 0. The highest BCUT2D eigenvalue weighted by molar-refractivity contribution is 6.32. The number of carbonyl (C=O) groups is 2. The number of phenolic OH excluding ortho intramolecular Hbond substituents is 2. The van der Waals surface area contributed by atoms with Crippen LogP contribution < -0.4 is 5.32 Å². The zero-order valence-electron chi connectivity index (χ0n) is 14.2. The van der Waals surface area contributed by atoms with Crippen molar-refractivity contribution in [3.63, 3.8) is 0 Å². The number of anilines is 2. The Balaban J connectivity index is 2.02. The molecular formula is C20H12N2O6. The largest absolute Gasteiger partial charge is 0.508 e. The highest BCUT2D eigenvalue weighted by Crippen LogP contribution is 2.43. The molecule has 0 radical (unpaired) electrons. The number of para-hydroxylation sites is 1. The summed E-state index contributed by atoms with van der Waals surface area (Å²) in [6.45, 7) is 0. The van der Waals surface area contributed by atoms with E-state index in [1.165, 1.54) is 12.1 Å². The van der Waals surface area contributed by atoms with Gasteiger partial charge in [-0.3, -0.25) is 19.7 Å². The van der Waals surface area contributed by atoms with Gasteiger partial charge in [0.25, 0.3) is 0 Å². The lowest BCUT2D eigenvalue weighted by Gasteiger charge is -2.21. The number of phenols is 2. The van der Waals surface area contributed by atoms with Crippen LogP contribution in [0.2, 0.25) is 0 Å². The topological polar surface area (TPSA) is 130 Å². The molecule has 1 aliphatic rings. The monoisotopic (exact) mass is 376 g/mol. The van der Waals surface area contributed by atoms with Crippen molar-refractivity contribution in [2.45, 2.75) is 0 Å². The van der Waals surface area contributed by atoms with Gasteiger partial charge in [0.05, 0.1) is 16.2 Å². The molecule has 28 heavy (non-hydrogen) atoms. The molecule has 3 aromatic carbocycles. The van der Waals surface area contributed by atoms with Gasteiger partial charge in [-0.1, -0.05) is 18.2 Å². The number of rotatable bonds is 3. The van der Waals surface area contributed by atoms with Crippen molar-refractivity contribution in [2.75, 3.05) is 5.32 Å². The van der Waals surface area contributed by atoms with Crippen LogP contribution in [0.25, 0.3) is 0 Å². The van der Waals surface area contributed by atoms with E-state index >= 15 is 0 Å². The van der Waals surface area contributed by atoms with Crippen LogP contribution in [0.1, 0.15) is 31.8 Å². The quantitative estimate of drug-likeness (QED) is 0.368. The van der Waals surface area contributed by atoms with Crippen molar-refractivity contribution >= 4 is 28.6 Å². The summed E-state index contributed by atoms with van der Waals surface area (Å²) in [5.74, 6) is -2.44. The standard InChI is InChI=1S/C20H12N2O6/c23-11-6-7-12-13(8-11)20(26)17-16(19(12)25)14(9-15(24)18(17)22(27)28)21-10-4-2-1-3-5-10/h1-9,21,23-24H. The minimum Gasteiger partial charge on any atom is -0.508 e. The number of aromatic hydroxyl groups is 2. The maximum absolute atomic E-state index is 13.1. The molecule has 0 bridgehead atoms. The summed E-state index contributed by atoms with van der Waals surface area (Å²) in [5, 5.41) is 34.3. The van der Waals surface area contributed by atoms with Crippen molar-refractivity contribution in [2.24, 2.45) is 0 Å². The molecule has 8 heteroatoms. The third-order valence-corrected chi connectivity index (χ3v) is 4.46. The molecule has 1 aliphatic carbocycles. The van der Waals surface area contributed by atoms with Crippen molar-refractivity contribution in [1.29, 1.82) is 0 Å². The van der Waals surface area contributed by atoms with Gasteiger partial charge in [0.15, 0.2) is 11.5 Å². The maximum atomic E-state index is 13.1. The molecule has 0 aliphatic heterocycles. The zero-order chi connectivity index (χ0) is 20.0. The van der Waals surface area contributed by atoms with E-state index < -0.39 is 33.5 Å². The van der Waals surface area contributed by atoms with E-state index in [-0.39, 0.29) is 28.1 Å². The normalized spacial score (nSPS) is 12.3. The number of hydrogen-bond acceptors (Lipinski definition) is 7. The molecule has 3 N–H and O–H groups in total. The Labute approximate surface area is 157 Å². The molecule has 4 rings (SSSR count). The zero-order valence-corrected chi connectivity index (χ0v) is 14.2. The summed E-state index contributed by atoms with van der Waals surface area (Å²) in [5.41, 5.74) is -1.05. The summed E-state index contributed by atoms with van der Waals surface area (Å²) in [7, 11) is 0. The van der Waals surface area contributed by atoms with Gasteiger partial charge in [-0.05, 0) is 30.3 Å². The minimum atomic E-state index is -0.903. The van der Waals surface area contributed by atoms with Gasteiger partial charge in [-0.25, -0.2) is 0 Å². The number of nitro benzene ring substituents is 1. The van der Waals surface area contributed by atoms with Crippen molar-refractivity contribution < 1.29 is 24.7 Å². The Hall–Kier alpha value is -4.20. The Morgan fingerprint density at radius 1 is 0.857 bits per heavy atom. The molecule has 0 aromatic heterocycles. The number of fused-ring (bicyclic) bond motifs is 2. The van der Waals surface area contributed by atoms with Crippen LogP contribution in [0, 0.1) is 10.1 Å². The average molecular weight is 376 g/mol. The molecule has 0 amide bonds. The van der Waals surface area contributed by atoms with Crippen molar-refractivity contribution in [3.8, 4) is 11.5 Å². The second-order valence-corrected chi connectivity index (χ2v) is 6.18. The molecule has 3 aromatic rings. The molecule has 0 atom stereocenters. The minimum absolute atomic E-state index is 0.0198. The molecule has 0 saturated heterocycles. The number of nitro groups is 1. The van der Waals surface area contributed by atoms with Crippen LogP contribution in [0.3, 0.4) is 0 Å². The molecule has 0 fully saturated rings. The smallest absolute Gasteiger partial charge is 0.322 e. The first-order valence-electron chi connectivity index (χ1n) is 8.17. The van der Waals surface area contributed by atoms with E-state index in [1.807, 2.05) is 0 Å². The lowest BCUT2D eigenvalue weighted by molar-refractivity contribution is -0.386. The Kier molecular flexibility index (Phi) is 3.82. The molecule has 8 nitrogen and oxygen atoms in total. The first-order valence-corrected chi connectivity index (χ1v) is 8.17. The fraction of sp³-hybridized carbons (Fsp3) is 0. The molecule has 0 spiro atoms. The summed E-state index contributed by atoms with van der Waals surface area (Å²) in [6.07, 6.45) is 0. The molecule has 138 valence electrons. The van der Waals surface area contributed by atoms with Gasteiger partial charge in [0.2, 0.25) is 5.78 Å². The predicted molar refractivity (Wildman–Crippen MR) is 99.5 cm³/mol. The highest BCUT2D eigenvalue weighted by atomic mass is 16.6. The molecular weight excluding hydrogens is 364 g/mol. The van der Waals surface area contributed by atoms with E-state index in [1.54, 1.807) is 30.3 Å². The lowest BCUT2D eigenvalue weighted by atomic mass is 9.82. The second kappa shape index (κ2) is 6.20. The van der Waals surface area contributed by atoms with Gasteiger partial charge in [-0.15, -0.1) is 0 Å². The van der Waals surface area contributed by atoms with E-state index in [9.17, 15) is 29.9 Å². The van der Waals surface area contributed by atoms with E-state index in [0.717, 1.165) is 12.1 Å². The van der Waals surface area contributed by atoms with Crippen LogP contribution in [0.5, 0.6) is 11.5 Å². The Bertz CT molecular complexity index is 1170. The lowest BCUT2D eigenvalue weighted by Crippen LogP contribution is -2.23. The number of hydrogen-bond donors (Lipinski definition) is 3. The van der Waals surface area contributed by atoms with Crippen molar-refractivity contribution in [1.82, 2.24) is 0 Å². The average Bonchev–Trinajstić information content (AvgIpc) is 2.66. The Morgan fingerprint density at radius 2 is 1.54 bits per heavy atom. The highest BCUT2D eigenvalue weighted by Gasteiger charge is 2.40. The van der Waals surface area contributed by atoms with Crippen LogP contribution in [0.15, 0.2) is 54.6 Å². The maximum Gasteiger partial charge on any atom is 0.322 e. The number of nitrogens with zero attached hydrogens (tertiary/aromatic N) is 1. The van der Waals surface area contributed by atoms with Crippen LogP contribution in [-0.2, 0) is 0 Å². The van der Waals surface area contributed by atoms with Crippen LogP contribution in [0.4, 0.5) is 17.1 Å². The molecule has 0 unspecified atom stereocenters. The number of carbonyl (C=O) groups excluding carboxylic acids is 2. The van der Waals surface area contributed by atoms with E-state index in [4.69, 9.17) is 0 Å². The fourth-order valence-electron chi connectivity index (χ4n) is 3.26. The number of nitrogens with one attached hydrogen (secondary N) is 1. The van der Waals surface area contributed by atoms with Crippen molar-refractivity contribution in [3.05, 3.63) is 87.0 Å². The summed E-state index contributed by atoms with van der Waals surface area (Å²) in [4.78, 5) is 36.7. The van der Waals surface area contributed by atoms with Gasteiger partial charge in [-0.2, -0.15) is 0 Å². The van der Waals surface area contributed by atoms with E-state index in [0.29, 0.717) is 5.69 Å². The van der Waals surface area contributed by atoms with Crippen LogP contribution >= 0.6 is 0 Å². The van der Waals surface area contributed by atoms with Crippen LogP contribution in [-0.4, -0.2) is 26.7 Å². The number of ketones is 2. The van der Waals surface area contributed by atoms with Gasteiger partial charge >= 0.3 is 5.69 Å². The first-order chi connectivity index (χ1) is 13.4. The summed E-state index contributed by atoms with van der Waals surface area (Å²) >= 11 is 0. The molecule has 0 heterocycles. The Morgan fingerprint density at radius 3 is 2.21 bits per heavy atom. The third kappa shape index (κ3) is 2.55. The number of benzene rings is 3. The van der Waals surface area contributed by atoms with E-state index in [2.05, 4.69) is 5.32 Å². The van der Waals surface area contributed by atoms with Gasteiger partial charge in [0, 0.05) is 22.9 Å². The SMILES string of the molecule is O=C1c2ccc(O)cc2C(=O)c2c1c(Nc1ccccc1)cc(O)c2[N+](=O)[O-].